The van der Waals surface area contributed by atoms with Crippen LogP contribution in [0.2, 0.25) is 0 Å². The second kappa shape index (κ2) is 19.0. The van der Waals surface area contributed by atoms with Gasteiger partial charge in [0.15, 0.2) is 0 Å². The van der Waals surface area contributed by atoms with Crippen molar-refractivity contribution in [2.24, 2.45) is 0 Å². The van der Waals surface area contributed by atoms with Crippen LogP contribution in [0.5, 0.6) is 0 Å². The number of hydrogen-bond acceptors (Lipinski definition) is 6. The number of alkyl halides is 9. The summed E-state index contributed by atoms with van der Waals surface area (Å²) < 4.78 is -0.690. The van der Waals surface area contributed by atoms with Crippen molar-refractivity contribution in [1.29, 1.82) is 0 Å². The Hall–Kier alpha value is 5.51. The maximum atomic E-state index is 9.89. The fraction of sp³-hybridized carbons (Fsp3) is 0.667. The summed E-state index contributed by atoms with van der Waals surface area (Å²) in [6.07, 6.45) is 0.276. The molecule has 25 heavy (non-hydrogen) atoms. The Morgan fingerprint density at radius 1 is 0.520 bits per heavy atom. The smallest absolute Gasteiger partial charge is 0.550 e. The number of carboxylic acid groups (broad SMARTS) is 3. The van der Waals surface area contributed by atoms with E-state index in [9.17, 15) is 29.7 Å². The van der Waals surface area contributed by atoms with E-state index in [1.54, 1.807) is 0 Å². The molecule has 0 spiro atoms. The Labute approximate surface area is 279 Å². The molecule has 0 aliphatic rings. The normalized spacial score (nSPS) is 10.9. The number of rotatable bonds is 6. The van der Waals surface area contributed by atoms with Crippen molar-refractivity contribution < 1.29 is 29.7 Å². The van der Waals surface area contributed by atoms with Crippen molar-refractivity contribution in [3.05, 3.63) is 0 Å². The van der Waals surface area contributed by atoms with Crippen LogP contribution < -0.4 is 15.3 Å². The zero-order valence-electron chi connectivity index (χ0n) is 11.5. The number of carboxylic acids is 3. The first-order valence-electron chi connectivity index (χ1n) is 5.05. The summed E-state index contributed by atoms with van der Waals surface area (Å²) in [6.45, 7) is 0. The molecule has 0 aromatic heterocycles. The molecule has 144 valence electrons. The first-order valence-corrected chi connectivity index (χ1v) is 14.8. The minimum atomic E-state index is -0.997. The van der Waals surface area contributed by atoms with Crippen molar-refractivity contribution in [1.82, 2.24) is 0 Å². The molecule has 0 unspecified atom stereocenters. The van der Waals surface area contributed by atoms with Gasteiger partial charge in [0.05, 0.1) is 0 Å². The van der Waals surface area contributed by atoms with E-state index in [0.29, 0.717) is 0 Å². The second-order valence-electron chi connectivity index (χ2n) is 3.49. The van der Waals surface area contributed by atoms with Crippen LogP contribution in [0.4, 0.5) is 0 Å². The van der Waals surface area contributed by atoms with Crippen LogP contribution in [0, 0.1) is 0 Å². The fourth-order valence-corrected chi connectivity index (χ4v) is 3.29. The van der Waals surface area contributed by atoms with Crippen LogP contribution in [0.25, 0.3) is 0 Å². The molecule has 16 heteroatoms. The fourth-order valence-electron chi connectivity index (χ4n) is 0.491. The topological polar surface area (TPSA) is 120 Å². The number of carbonyl (C=O) groups excluding carboxylic acids is 3. The predicted octanol–water partition coefficient (Wildman–Crippen LogP) is 2.87. The van der Waals surface area contributed by atoms with E-state index in [1.807, 2.05) is 203 Å². The number of halogens is 9. The van der Waals surface area contributed by atoms with Gasteiger partial charge in [-0.15, -0.1) is 0 Å². The van der Waals surface area contributed by atoms with Gasteiger partial charge in [-0.2, -0.15) is 0 Å². The third kappa shape index (κ3) is 53.1. The van der Waals surface area contributed by atoms with E-state index in [2.05, 4.69) is 0 Å². The van der Waals surface area contributed by atoms with Crippen molar-refractivity contribution in [3.63, 3.8) is 0 Å². The maximum Gasteiger partial charge on any atom is 3.00 e. The summed E-state index contributed by atoms with van der Waals surface area (Å²) in [5, 5.41) is 29.7. The molecule has 0 rings (SSSR count). The average molecular weight is 1380 g/mol. The Morgan fingerprint density at radius 2 is 0.640 bits per heavy atom. The molecule has 0 saturated heterocycles. The largest absolute Gasteiger partial charge is 3.00 e. The molecule has 0 atom stereocenters. The van der Waals surface area contributed by atoms with Crippen LogP contribution in [0.3, 0.4) is 0 Å². The van der Waals surface area contributed by atoms with Gasteiger partial charge in [0.2, 0.25) is 0 Å². The molecule has 0 bridgehead atoms. The molecule has 0 amide bonds. The van der Waals surface area contributed by atoms with Crippen molar-refractivity contribution in [2.45, 2.75) is 17.6 Å². The Morgan fingerprint density at radius 3 is 0.640 bits per heavy atom. The summed E-state index contributed by atoms with van der Waals surface area (Å²) >= 11 is 18.4. The predicted molar refractivity (Wildman–Crippen MR) is 169 cm³/mol. The molecule has 0 fully saturated rings. The molecule has 0 aromatic rings. The Balaban J connectivity index is -0.000000130. The number of hydrogen-bond donors (Lipinski definition) is 0. The van der Waals surface area contributed by atoms with E-state index < -0.39 is 17.9 Å². The molecule has 0 radical (unpaired) electrons. The van der Waals surface area contributed by atoms with E-state index in [1.165, 1.54) is 0 Å². The summed E-state index contributed by atoms with van der Waals surface area (Å²) in [6, 6.07) is 0. The molecule has 6 nitrogen and oxygen atoms in total. The Kier molecular flexibility index (Phi) is 28.8. The van der Waals surface area contributed by atoms with E-state index in [4.69, 9.17) is 0 Å². The van der Waals surface area contributed by atoms with Gasteiger partial charge < -0.3 is 29.7 Å². The van der Waals surface area contributed by atoms with Crippen LogP contribution in [-0.4, -0.2) is 33.6 Å². The third-order valence-corrected chi connectivity index (χ3v) is 4.47. The van der Waals surface area contributed by atoms with E-state index in [0.717, 1.165) is 0 Å². The van der Waals surface area contributed by atoms with Crippen molar-refractivity contribution in [2.75, 3.05) is 0 Å². The van der Waals surface area contributed by atoms with E-state index in [-0.39, 0.29) is 34.9 Å². The summed E-state index contributed by atoms with van der Waals surface area (Å²) in [5.41, 5.74) is 0. The molecule has 0 aliphatic carbocycles. The van der Waals surface area contributed by atoms with Gasteiger partial charge in [0.25, 0.3) is 0 Å². The van der Waals surface area contributed by atoms with Gasteiger partial charge in [-0.25, -0.2) is 0 Å². The summed E-state index contributed by atoms with van der Waals surface area (Å²) in [7, 11) is 0. The zero-order chi connectivity index (χ0) is 20.4. The first kappa shape index (κ1) is 37.8. The number of aliphatic carboxylic acids is 3. The quantitative estimate of drug-likeness (QED) is 0.230. The first-order chi connectivity index (χ1) is 10.2. The van der Waals surface area contributed by atoms with Crippen LogP contribution >= 0.6 is 203 Å². The molecule has 0 N–H and O–H groups in total. The van der Waals surface area contributed by atoms with Crippen molar-refractivity contribution in [3.8, 4) is 0 Å². The van der Waals surface area contributed by atoms with Gasteiger partial charge >= 0.3 is 17.4 Å². The molecular formula is C9H6AlI9O6. The van der Waals surface area contributed by atoms with Crippen LogP contribution in [-0.2, 0) is 14.4 Å². The standard InChI is InChI=1S/3C3H3I3O2.Al/c3*4-3(5,6)1-2(7)8;/h3*1H2,(H,7,8);/q;;;+3/p-3. The van der Waals surface area contributed by atoms with Gasteiger partial charge in [0, 0.05) is 37.2 Å². The molecular weight excluding hydrogens is 1370 g/mol. The summed E-state index contributed by atoms with van der Waals surface area (Å²) in [4.78, 5) is 29.7. The molecule has 0 aromatic carbocycles. The maximum absolute atomic E-state index is 9.89. The molecule has 0 heterocycles. The minimum absolute atomic E-state index is 0. The van der Waals surface area contributed by atoms with Gasteiger partial charge in [-0.3, -0.25) is 0 Å². The monoisotopic (exact) mass is 1380 g/mol. The second-order valence-corrected chi connectivity index (χ2v) is 38.6. The summed E-state index contributed by atoms with van der Waals surface area (Å²) in [5.74, 6) is -2.99. The van der Waals surface area contributed by atoms with Crippen molar-refractivity contribution >= 4 is 239 Å². The van der Waals surface area contributed by atoms with Gasteiger partial charge in [-0.05, 0) is 0 Å². The Bertz CT molecular complexity index is 353. The average Bonchev–Trinajstić information content (AvgIpc) is 2.04. The molecule has 0 aliphatic heterocycles. The van der Waals surface area contributed by atoms with Gasteiger partial charge in [-0.1, -0.05) is 203 Å². The van der Waals surface area contributed by atoms with E-state index >= 15 is 0 Å². The third-order valence-electron chi connectivity index (χ3n) is 1.03. The van der Waals surface area contributed by atoms with Gasteiger partial charge in [0.1, 0.15) is -1.69 Å². The SMILES string of the molecule is O=C([O-])CC(I)(I)I.O=C([O-])CC(I)(I)I.O=C([O-])CC(I)(I)I.[Al+3]. The van der Waals surface area contributed by atoms with Crippen LogP contribution in [0.1, 0.15) is 19.3 Å². The number of carbonyl (C=O) groups is 3. The minimum Gasteiger partial charge on any atom is -0.550 e. The molecule has 0 saturated carbocycles. The van der Waals surface area contributed by atoms with Crippen LogP contribution in [0.15, 0.2) is 0 Å². The zero-order valence-corrected chi connectivity index (χ0v) is 32.1.